The zero-order valence-electron chi connectivity index (χ0n) is 20.4. The highest BCUT2D eigenvalue weighted by atomic mass is 79.9. The molecule has 0 spiro atoms. The Kier molecular flexibility index (Phi) is 7.48. The van der Waals surface area contributed by atoms with E-state index in [0.717, 1.165) is 41.3 Å². The summed E-state index contributed by atoms with van der Waals surface area (Å²) in [7, 11) is 3.25. The number of nitrogen functional groups attached to an aromatic ring is 1. The number of pyridine rings is 1. The first-order valence-electron chi connectivity index (χ1n) is 11.7. The first-order chi connectivity index (χ1) is 17.2. The van der Waals surface area contributed by atoms with Crippen molar-refractivity contribution < 1.29 is 14.6 Å². The molecule has 10 nitrogen and oxygen atoms in total. The van der Waals surface area contributed by atoms with Gasteiger partial charge in [0.2, 0.25) is 11.8 Å². The van der Waals surface area contributed by atoms with Crippen LogP contribution in [0.15, 0.2) is 45.9 Å². The van der Waals surface area contributed by atoms with Crippen LogP contribution in [-0.4, -0.2) is 41.6 Å². The second-order valence-electron chi connectivity index (χ2n) is 8.83. The van der Waals surface area contributed by atoms with Crippen LogP contribution in [0.5, 0.6) is 5.88 Å². The van der Waals surface area contributed by atoms with Crippen LogP contribution >= 0.6 is 15.9 Å². The Morgan fingerprint density at radius 2 is 2.03 bits per heavy atom. The molecule has 3 aromatic heterocycles. The van der Waals surface area contributed by atoms with Gasteiger partial charge in [0.15, 0.2) is 0 Å². The molecular weight excluding hydrogens is 528 g/mol. The number of carbonyl (C=O) groups is 1. The maximum absolute atomic E-state index is 12.7. The van der Waals surface area contributed by atoms with Gasteiger partial charge >= 0.3 is 5.97 Å². The molecule has 1 unspecified atom stereocenters. The molecule has 0 saturated carbocycles. The van der Waals surface area contributed by atoms with Crippen LogP contribution in [-0.2, 0) is 20.6 Å². The Balaban J connectivity index is 1.45. The summed E-state index contributed by atoms with van der Waals surface area (Å²) in [4.78, 5) is 28.7. The molecule has 0 aliphatic heterocycles. The molecule has 0 radical (unpaired) electrons. The number of aryl methyl sites for hydroxylation is 2. The van der Waals surface area contributed by atoms with E-state index in [2.05, 4.69) is 37.5 Å². The lowest BCUT2D eigenvalue weighted by atomic mass is 10.0. The standard InChI is InChI=1S/C25H29BrN6O4/c1-4-15(13-32-21-11-17(26)7-8-20(21)29-25(32)27)6-5-9-36-23-19(12-28-31(23)3)18-10-16(24(34)35)14-30(2)22(18)33/h7-8,10-12,14-15H,4-6,9,13H2,1-3H3,(H2,27,29)(H,34,35). The number of benzene rings is 1. The Hall–Kier alpha value is -3.60. The minimum Gasteiger partial charge on any atom is -0.478 e. The van der Waals surface area contributed by atoms with Crippen molar-refractivity contribution in [3.8, 4) is 17.0 Å². The molecule has 0 bridgehead atoms. The number of hydrogen-bond acceptors (Lipinski definition) is 6. The van der Waals surface area contributed by atoms with Gasteiger partial charge in [0, 0.05) is 31.3 Å². The van der Waals surface area contributed by atoms with Crippen LogP contribution in [0.4, 0.5) is 5.95 Å². The Morgan fingerprint density at radius 1 is 1.25 bits per heavy atom. The topological polar surface area (TPSA) is 130 Å². The first-order valence-corrected chi connectivity index (χ1v) is 12.5. The predicted molar refractivity (Wildman–Crippen MR) is 141 cm³/mol. The molecule has 3 heterocycles. The largest absolute Gasteiger partial charge is 0.478 e. The molecule has 190 valence electrons. The van der Waals surface area contributed by atoms with Crippen molar-refractivity contribution in [3.63, 3.8) is 0 Å². The number of aromatic nitrogens is 5. The highest BCUT2D eigenvalue weighted by Gasteiger charge is 2.19. The second kappa shape index (κ2) is 10.6. The van der Waals surface area contributed by atoms with E-state index in [1.165, 1.54) is 30.1 Å². The molecule has 0 aliphatic rings. The van der Waals surface area contributed by atoms with Gasteiger partial charge in [-0.2, -0.15) is 5.10 Å². The number of hydrogen-bond donors (Lipinski definition) is 2. The fourth-order valence-corrected chi connectivity index (χ4v) is 4.68. The number of carboxylic acids is 1. The van der Waals surface area contributed by atoms with Crippen molar-refractivity contribution in [1.29, 1.82) is 0 Å². The van der Waals surface area contributed by atoms with Crippen molar-refractivity contribution in [2.24, 2.45) is 20.0 Å². The van der Waals surface area contributed by atoms with E-state index >= 15 is 0 Å². The van der Waals surface area contributed by atoms with Gasteiger partial charge in [-0.25, -0.2) is 14.5 Å². The van der Waals surface area contributed by atoms with Gasteiger partial charge < -0.3 is 24.7 Å². The van der Waals surface area contributed by atoms with Gasteiger partial charge in [-0.15, -0.1) is 0 Å². The van der Waals surface area contributed by atoms with Crippen molar-refractivity contribution in [2.45, 2.75) is 32.7 Å². The molecule has 0 amide bonds. The number of carboxylic acid groups (broad SMARTS) is 1. The lowest BCUT2D eigenvalue weighted by Crippen LogP contribution is -2.20. The van der Waals surface area contributed by atoms with E-state index in [-0.39, 0.29) is 16.7 Å². The number of fused-ring (bicyclic) bond motifs is 1. The van der Waals surface area contributed by atoms with Gasteiger partial charge in [-0.1, -0.05) is 29.3 Å². The molecule has 3 N–H and O–H groups in total. The summed E-state index contributed by atoms with van der Waals surface area (Å²) in [5.74, 6) is 0.195. The van der Waals surface area contributed by atoms with Crippen LogP contribution in [0.1, 0.15) is 36.5 Å². The lowest BCUT2D eigenvalue weighted by Gasteiger charge is -2.17. The number of nitrogens with zero attached hydrogens (tertiary/aromatic N) is 5. The monoisotopic (exact) mass is 556 g/mol. The lowest BCUT2D eigenvalue weighted by molar-refractivity contribution is 0.0696. The fraction of sp³-hybridized carbons (Fsp3) is 0.360. The van der Waals surface area contributed by atoms with E-state index in [9.17, 15) is 14.7 Å². The van der Waals surface area contributed by atoms with E-state index in [1.807, 2.05) is 18.2 Å². The third kappa shape index (κ3) is 5.15. The predicted octanol–water partition coefficient (Wildman–Crippen LogP) is 4.06. The van der Waals surface area contributed by atoms with Crippen molar-refractivity contribution in [1.82, 2.24) is 23.9 Å². The maximum Gasteiger partial charge on any atom is 0.337 e. The Bertz CT molecular complexity index is 1470. The van der Waals surface area contributed by atoms with Crippen molar-refractivity contribution in [2.75, 3.05) is 12.3 Å². The van der Waals surface area contributed by atoms with Crippen molar-refractivity contribution in [3.05, 3.63) is 57.0 Å². The van der Waals surface area contributed by atoms with E-state index < -0.39 is 5.97 Å². The third-order valence-electron chi connectivity index (χ3n) is 6.36. The second-order valence-corrected chi connectivity index (χ2v) is 9.74. The zero-order chi connectivity index (χ0) is 26.0. The number of halogens is 1. The van der Waals surface area contributed by atoms with Crippen LogP contribution in [0.2, 0.25) is 0 Å². The molecule has 11 heteroatoms. The Morgan fingerprint density at radius 3 is 2.75 bits per heavy atom. The van der Waals surface area contributed by atoms with Crippen LogP contribution in [0.3, 0.4) is 0 Å². The van der Waals surface area contributed by atoms with E-state index in [4.69, 9.17) is 10.5 Å². The minimum absolute atomic E-state index is 0.0195. The van der Waals surface area contributed by atoms with Crippen molar-refractivity contribution >= 4 is 38.9 Å². The van der Waals surface area contributed by atoms with Gasteiger partial charge in [0.25, 0.3) is 5.56 Å². The number of imidazole rings is 1. The molecule has 0 fully saturated rings. The number of aromatic carboxylic acids is 1. The summed E-state index contributed by atoms with van der Waals surface area (Å²) < 4.78 is 11.9. The summed E-state index contributed by atoms with van der Waals surface area (Å²) in [6, 6.07) is 7.29. The first kappa shape index (κ1) is 25.5. The minimum atomic E-state index is -1.11. The molecule has 4 rings (SSSR count). The molecule has 4 aromatic rings. The zero-order valence-corrected chi connectivity index (χ0v) is 22.0. The normalized spacial score (nSPS) is 12.2. The summed E-state index contributed by atoms with van der Waals surface area (Å²) >= 11 is 3.52. The maximum atomic E-state index is 12.7. The summed E-state index contributed by atoms with van der Waals surface area (Å²) in [6.07, 6.45) is 5.49. The van der Waals surface area contributed by atoms with Crippen LogP contribution in [0, 0.1) is 5.92 Å². The average Bonchev–Trinajstić information content (AvgIpc) is 3.35. The SMILES string of the molecule is CCC(CCCOc1c(-c2cc(C(=O)O)cn(C)c2=O)cnn1C)Cn1c(N)nc2ccc(Br)cc21. The van der Waals surface area contributed by atoms with Gasteiger partial charge in [-0.3, -0.25) is 4.79 Å². The number of rotatable bonds is 10. The van der Waals surface area contributed by atoms with E-state index in [0.29, 0.717) is 29.9 Å². The summed E-state index contributed by atoms with van der Waals surface area (Å²) in [5.41, 5.74) is 8.48. The van der Waals surface area contributed by atoms with E-state index in [1.54, 1.807) is 11.7 Å². The summed E-state index contributed by atoms with van der Waals surface area (Å²) in [6.45, 7) is 3.33. The highest BCUT2D eigenvalue weighted by molar-refractivity contribution is 9.10. The third-order valence-corrected chi connectivity index (χ3v) is 6.85. The molecule has 1 aromatic carbocycles. The smallest absolute Gasteiger partial charge is 0.337 e. The Labute approximate surface area is 216 Å². The van der Waals surface area contributed by atoms with Crippen LogP contribution < -0.4 is 16.0 Å². The molecule has 0 aliphatic carbocycles. The van der Waals surface area contributed by atoms with Gasteiger partial charge in [0.05, 0.1) is 40.5 Å². The molecular formula is C25H29BrN6O4. The summed E-state index contributed by atoms with van der Waals surface area (Å²) in [5, 5.41) is 13.6. The quantitative estimate of drug-likeness (QED) is 0.281. The van der Waals surface area contributed by atoms with Gasteiger partial charge in [-0.05, 0) is 43.0 Å². The number of anilines is 1. The fourth-order valence-electron chi connectivity index (χ4n) is 4.33. The molecule has 0 saturated heterocycles. The number of nitrogens with two attached hydrogens (primary N) is 1. The number of ether oxygens (including phenoxy) is 1. The highest BCUT2D eigenvalue weighted by Crippen LogP contribution is 2.29. The average molecular weight is 557 g/mol. The molecule has 1 atom stereocenters. The molecule has 36 heavy (non-hydrogen) atoms. The van der Waals surface area contributed by atoms with Crippen LogP contribution in [0.25, 0.3) is 22.2 Å². The van der Waals surface area contributed by atoms with Gasteiger partial charge in [0.1, 0.15) is 0 Å².